The highest BCUT2D eigenvalue weighted by Gasteiger charge is 2.53. The van der Waals surface area contributed by atoms with E-state index >= 15 is 0 Å². The molecule has 2 saturated carbocycles. The molecule has 0 bridgehead atoms. The van der Waals surface area contributed by atoms with E-state index in [9.17, 15) is 0 Å². The Labute approximate surface area is 76.7 Å². The molecule has 12 heavy (non-hydrogen) atoms. The van der Waals surface area contributed by atoms with Crippen LogP contribution in [-0.4, -0.2) is 0 Å². The van der Waals surface area contributed by atoms with Crippen LogP contribution in [0.15, 0.2) is 0 Å². The summed E-state index contributed by atoms with van der Waals surface area (Å²) >= 11 is 0. The summed E-state index contributed by atoms with van der Waals surface area (Å²) in [5.41, 5.74) is 0. The third-order valence-electron chi connectivity index (χ3n) is 4.37. The third kappa shape index (κ3) is 1.30. The van der Waals surface area contributed by atoms with Crippen molar-refractivity contribution < 1.29 is 0 Å². The van der Waals surface area contributed by atoms with Gasteiger partial charge in [0, 0.05) is 0 Å². The Hall–Kier alpha value is 0. The van der Waals surface area contributed by atoms with Crippen LogP contribution in [-0.2, 0) is 0 Å². The lowest BCUT2D eigenvalue weighted by atomic mass is 9.91. The molecule has 0 aromatic carbocycles. The van der Waals surface area contributed by atoms with Gasteiger partial charge in [0.05, 0.1) is 0 Å². The summed E-state index contributed by atoms with van der Waals surface area (Å²) in [5, 5.41) is 0. The van der Waals surface area contributed by atoms with Crippen molar-refractivity contribution in [2.75, 3.05) is 0 Å². The zero-order valence-electron chi connectivity index (χ0n) is 8.72. The number of fused-ring (bicyclic) bond motifs is 1. The summed E-state index contributed by atoms with van der Waals surface area (Å²) in [7, 11) is 0. The van der Waals surface area contributed by atoms with E-state index in [2.05, 4.69) is 20.8 Å². The van der Waals surface area contributed by atoms with Gasteiger partial charge < -0.3 is 0 Å². The fraction of sp³-hybridized carbons (Fsp3) is 1.00. The summed E-state index contributed by atoms with van der Waals surface area (Å²) in [6.45, 7) is 7.23. The highest BCUT2D eigenvalue weighted by Crippen LogP contribution is 2.60. The molecule has 0 aromatic heterocycles. The lowest BCUT2D eigenvalue weighted by molar-refractivity contribution is 0.367. The second-order valence-corrected chi connectivity index (χ2v) is 5.21. The Balaban J connectivity index is 1.90. The number of hydrogen-bond acceptors (Lipinski definition) is 0. The molecular weight excluding hydrogens is 144 g/mol. The van der Waals surface area contributed by atoms with Crippen LogP contribution in [0.3, 0.4) is 0 Å². The fourth-order valence-corrected chi connectivity index (χ4v) is 3.39. The predicted molar refractivity (Wildman–Crippen MR) is 52.9 cm³/mol. The average molecular weight is 166 g/mol. The minimum Gasteiger partial charge on any atom is -0.0651 e. The Bertz CT molecular complexity index is 161. The highest BCUT2D eigenvalue weighted by atomic mass is 14.6. The maximum Gasteiger partial charge on any atom is -0.0326 e. The molecule has 0 N–H and O–H groups in total. The van der Waals surface area contributed by atoms with Crippen molar-refractivity contribution in [3.05, 3.63) is 0 Å². The SMILES string of the molecule is CCC(C)C1C2CCC(C)CC21. The van der Waals surface area contributed by atoms with Crippen LogP contribution >= 0.6 is 0 Å². The zero-order valence-corrected chi connectivity index (χ0v) is 8.72. The summed E-state index contributed by atoms with van der Waals surface area (Å²) in [6.07, 6.45) is 5.99. The Kier molecular flexibility index (Phi) is 2.18. The molecule has 0 aliphatic heterocycles. The minimum absolute atomic E-state index is 1.00. The molecule has 0 amide bonds. The molecule has 2 aliphatic carbocycles. The molecule has 0 heteroatoms. The van der Waals surface area contributed by atoms with Crippen LogP contribution < -0.4 is 0 Å². The first kappa shape index (κ1) is 8.59. The van der Waals surface area contributed by atoms with Gasteiger partial charge in [0.25, 0.3) is 0 Å². The smallest absolute Gasteiger partial charge is 0.0326 e. The molecule has 0 radical (unpaired) electrons. The molecule has 2 fully saturated rings. The normalized spacial score (nSPS) is 48.2. The first-order chi connectivity index (χ1) is 5.74. The maximum atomic E-state index is 2.45. The molecule has 0 aromatic rings. The summed E-state index contributed by atoms with van der Waals surface area (Å²) in [5.74, 6) is 5.45. The summed E-state index contributed by atoms with van der Waals surface area (Å²) < 4.78 is 0. The first-order valence-corrected chi connectivity index (χ1v) is 5.74. The lowest BCUT2D eigenvalue weighted by Crippen LogP contribution is -2.03. The third-order valence-corrected chi connectivity index (χ3v) is 4.37. The van der Waals surface area contributed by atoms with Crippen molar-refractivity contribution in [2.24, 2.45) is 29.6 Å². The minimum atomic E-state index is 1.00. The number of rotatable bonds is 2. The van der Waals surface area contributed by atoms with Gasteiger partial charge in [0.1, 0.15) is 0 Å². The fourth-order valence-electron chi connectivity index (χ4n) is 3.39. The molecule has 0 heterocycles. The van der Waals surface area contributed by atoms with Crippen LogP contribution in [0.25, 0.3) is 0 Å². The van der Waals surface area contributed by atoms with E-state index in [-0.39, 0.29) is 0 Å². The van der Waals surface area contributed by atoms with Crippen LogP contribution in [0.2, 0.25) is 0 Å². The van der Waals surface area contributed by atoms with Crippen LogP contribution in [0.4, 0.5) is 0 Å². The van der Waals surface area contributed by atoms with E-state index in [4.69, 9.17) is 0 Å². The van der Waals surface area contributed by atoms with Crippen molar-refractivity contribution in [1.82, 2.24) is 0 Å². The van der Waals surface area contributed by atoms with E-state index in [1.807, 2.05) is 0 Å². The van der Waals surface area contributed by atoms with Gasteiger partial charge in [0.15, 0.2) is 0 Å². The largest absolute Gasteiger partial charge is 0.0651 e. The molecule has 2 rings (SSSR count). The second kappa shape index (κ2) is 3.05. The lowest BCUT2D eigenvalue weighted by Gasteiger charge is -2.15. The molecule has 2 aliphatic rings. The highest BCUT2D eigenvalue weighted by molar-refractivity contribution is 5.01. The van der Waals surface area contributed by atoms with Crippen molar-refractivity contribution in [3.63, 3.8) is 0 Å². The molecule has 5 atom stereocenters. The van der Waals surface area contributed by atoms with Gasteiger partial charge in [-0.15, -0.1) is 0 Å². The van der Waals surface area contributed by atoms with E-state index in [1.165, 1.54) is 12.8 Å². The van der Waals surface area contributed by atoms with Crippen molar-refractivity contribution in [2.45, 2.75) is 46.5 Å². The molecule has 0 spiro atoms. The van der Waals surface area contributed by atoms with E-state index in [0.717, 1.165) is 29.6 Å². The van der Waals surface area contributed by atoms with Crippen LogP contribution in [0.5, 0.6) is 0 Å². The van der Waals surface area contributed by atoms with E-state index in [1.54, 1.807) is 12.8 Å². The quantitative estimate of drug-likeness (QED) is 0.586. The van der Waals surface area contributed by atoms with Crippen molar-refractivity contribution >= 4 is 0 Å². The van der Waals surface area contributed by atoms with Crippen molar-refractivity contribution in [1.29, 1.82) is 0 Å². The van der Waals surface area contributed by atoms with Gasteiger partial charge in [0.2, 0.25) is 0 Å². The molecular formula is C12H22. The van der Waals surface area contributed by atoms with E-state index in [0.29, 0.717) is 0 Å². The van der Waals surface area contributed by atoms with Crippen LogP contribution in [0.1, 0.15) is 46.5 Å². The summed E-state index contributed by atoms with van der Waals surface area (Å²) in [4.78, 5) is 0. The topological polar surface area (TPSA) is 0 Å². The number of hydrogen-bond donors (Lipinski definition) is 0. The second-order valence-electron chi connectivity index (χ2n) is 5.21. The van der Waals surface area contributed by atoms with Gasteiger partial charge in [-0.25, -0.2) is 0 Å². The zero-order chi connectivity index (χ0) is 8.72. The van der Waals surface area contributed by atoms with Crippen molar-refractivity contribution in [3.8, 4) is 0 Å². The maximum absolute atomic E-state index is 2.45. The van der Waals surface area contributed by atoms with Gasteiger partial charge in [-0.1, -0.05) is 33.6 Å². The molecule has 0 nitrogen and oxygen atoms in total. The monoisotopic (exact) mass is 166 g/mol. The predicted octanol–water partition coefficient (Wildman–Crippen LogP) is 3.71. The Morgan fingerprint density at radius 2 is 2.00 bits per heavy atom. The van der Waals surface area contributed by atoms with E-state index < -0.39 is 0 Å². The van der Waals surface area contributed by atoms with Crippen LogP contribution in [0, 0.1) is 29.6 Å². The van der Waals surface area contributed by atoms with Gasteiger partial charge in [-0.2, -0.15) is 0 Å². The Morgan fingerprint density at radius 1 is 1.25 bits per heavy atom. The molecule has 0 saturated heterocycles. The molecule has 70 valence electrons. The standard InChI is InChI=1S/C12H22/c1-4-9(3)12-10-6-5-8(2)7-11(10)12/h8-12H,4-7H2,1-3H3. The molecule has 5 unspecified atom stereocenters. The first-order valence-electron chi connectivity index (χ1n) is 5.74. The van der Waals surface area contributed by atoms with Gasteiger partial charge >= 0.3 is 0 Å². The summed E-state index contributed by atoms with van der Waals surface area (Å²) in [6, 6.07) is 0. The van der Waals surface area contributed by atoms with Gasteiger partial charge in [-0.3, -0.25) is 0 Å². The Morgan fingerprint density at radius 3 is 2.58 bits per heavy atom. The average Bonchev–Trinajstić information content (AvgIpc) is 2.76. The van der Waals surface area contributed by atoms with Gasteiger partial charge in [-0.05, 0) is 42.4 Å².